The van der Waals surface area contributed by atoms with E-state index in [9.17, 15) is 23.2 Å². The van der Waals surface area contributed by atoms with E-state index in [0.29, 0.717) is 10.6 Å². The summed E-state index contributed by atoms with van der Waals surface area (Å²) < 4.78 is 25.2. The molecule has 0 heterocycles. The van der Waals surface area contributed by atoms with Crippen molar-refractivity contribution in [3.8, 4) is 0 Å². The lowest BCUT2D eigenvalue weighted by Crippen LogP contribution is -2.28. The quantitative estimate of drug-likeness (QED) is 0.222. The van der Waals surface area contributed by atoms with Crippen molar-refractivity contribution in [1.29, 1.82) is 0 Å². The highest BCUT2D eigenvalue weighted by molar-refractivity contribution is 6.76. The summed E-state index contributed by atoms with van der Waals surface area (Å²) in [6.07, 6.45) is 0. The topological polar surface area (TPSA) is 87.3 Å². The van der Waals surface area contributed by atoms with E-state index in [1.807, 2.05) is 5.32 Å². The van der Waals surface area contributed by atoms with Crippen molar-refractivity contribution < 1.29 is 23.2 Å². The number of carbonyl (C=O) groups is 3. The number of nitrogens with one attached hydrogen (secondary N) is 3. The Bertz CT molecular complexity index is 1580. The molecule has 41 heavy (non-hydrogen) atoms. The van der Waals surface area contributed by atoms with Crippen LogP contribution in [0.5, 0.6) is 0 Å². The third-order valence-corrected chi connectivity index (χ3v) is 8.48. The molecule has 0 radical (unpaired) electrons. The summed E-state index contributed by atoms with van der Waals surface area (Å²) in [6.45, 7) is 0. The van der Waals surface area contributed by atoms with Gasteiger partial charge in [0.2, 0.25) is 5.91 Å². The van der Waals surface area contributed by atoms with Crippen LogP contribution in [0.25, 0.3) is 0 Å². The zero-order valence-corrected chi connectivity index (χ0v) is 25.8. The molecule has 3 amide bonds. The standard InChI is InChI=1S/C25H13Cl8F2N3O3/c26-12-4-2-10(36-22(40)18-17(24(18,29)30)9-1-3-13(27)14(28)7-9)8-11(12)21(39)37-16-6-5-15(34)20(19(16)35)38-23(41)25(31,32)33/h1-8,17-18H,(H,36,40)(H,37,39)(H,38,41)/t17-,18+/m0/s1. The van der Waals surface area contributed by atoms with E-state index in [1.165, 1.54) is 18.2 Å². The van der Waals surface area contributed by atoms with Gasteiger partial charge in [0, 0.05) is 11.6 Å². The number of alkyl halides is 5. The molecule has 1 aliphatic carbocycles. The Morgan fingerprint density at radius 1 is 0.805 bits per heavy atom. The fourth-order valence-corrected chi connectivity index (χ4v) is 5.39. The van der Waals surface area contributed by atoms with Gasteiger partial charge in [-0.05, 0) is 48.0 Å². The van der Waals surface area contributed by atoms with Crippen molar-refractivity contribution in [3.63, 3.8) is 0 Å². The molecule has 1 aliphatic rings. The molecule has 2 atom stereocenters. The SMILES string of the molecule is O=C(Nc1ccc(F)c(NC(=O)C(Cl)(Cl)Cl)c1F)c1cc(NC(=O)[C@H]2[C@H](c3ccc(Cl)c(Cl)c3)C2(Cl)Cl)ccc1Cl. The van der Waals surface area contributed by atoms with Gasteiger partial charge in [0.1, 0.15) is 15.8 Å². The summed E-state index contributed by atoms with van der Waals surface area (Å²) in [7, 11) is 0. The normalized spacial score (nSPS) is 17.5. The van der Waals surface area contributed by atoms with Gasteiger partial charge in [-0.1, -0.05) is 75.7 Å². The van der Waals surface area contributed by atoms with Gasteiger partial charge in [0.25, 0.3) is 15.6 Å². The Morgan fingerprint density at radius 2 is 1.46 bits per heavy atom. The van der Waals surface area contributed by atoms with E-state index < -0.39 is 60.7 Å². The van der Waals surface area contributed by atoms with Crippen LogP contribution in [0, 0.1) is 17.6 Å². The maximum atomic E-state index is 15.0. The van der Waals surface area contributed by atoms with Crippen molar-refractivity contribution >= 4 is 128 Å². The van der Waals surface area contributed by atoms with Gasteiger partial charge in [-0.15, -0.1) is 23.2 Å². The highest BCUT2D eigenvalue weighted by atomic mass is 35.6. The average molecular weight is 725 g/mol. The lowest BCUT2D eigenvalue weighted by atomic mass is 10.1. The van der Waals surface area contributed by atoms with E-state index in [4.69, 9.17) is 92.8 Å². The summed E-state index contributed by atoms with van der Waals surface area (Å²) in [6, 6.07) is 10.4. The van der Waals surface area contributed by atoms with Crippen LogP contribution < -0.4 is 16.0 Å². The first-order valence-electron chi connectivity index (χ1n) is 11.1. The Balaban J connectivity index is 1.52. The Kier molecular flexibility index (Phi) is 9.49. The largest absolute Gasteiger partial charge is 0.326 e. The molecular formula is C25H13Cl8F2N3O3. The first kappa shape index (κ1) is 32.2. The zero-order chi connectivity index (χ0) is 30.4. The molecular weight excluding hydrogens is 712 g/mol. The van der Waals surface area contributed by atoms with Gasteiger partial charge >= 0.3 is 0 Å². The number of hydrogen-bond acceptors (Lipinski definition) is 3. The van der Waals surface area contributed by atoms with Crippen molar-refractivity contribution in [2.45, 2.75) is 14.0 Å². The van der Waals surface area contributed by atoms with Gasteiger partial charge in [0.05, 0.1) is 32.2 Å². The van der Waals surface area contributed by atoms with Crippen LogP contribution in [0.2, 0.25) is 15.1 Å². The predicted molar refractivity (Wildman–Crippen MR) is 160 cm³/mol. The van der Waals surface area contributed by atoms with Crippen molar-refractivity contribution in [2.24, 2.45) is 5.92 Å². The predicted octanol–water partition coefficient (Wildman–Crippen LogP) is 9.01. The second-order valence-electron chi connectivity index (χ2n) is 8.68. The maximum absolute atomic E-state index is 15.0. The molecule has 3 aromatic rings. The van der Waals surface area contributed by atoms with Crippen LogP contribution in [0.1, 0.15) is 21.8 Å². The molecule has 4 rings (SSSR count). The lowest BCUT2D eigenvalue weighted by molar-refractivity contribution is -0.117. The maximum Gasteiger partial charge on any atom is 0.276 e. The molecule has 6 nitrogen and oxygen atoms in total. The molecule has 0 aromatic heterocycles. The summed E-state index contributed by atoms with van der Waals surface area (Å²) in [5.74, 6) is -6.83. The number of carbonyl (C=O) groups excluding carboxylic acids is 3. The summed E-state index contributed by atoms with van der Waals surface area (Å²) in [4.78, 5) is 37.9. The molecule has 1 saturated carbocycles. The van der Waals surface area contributed by atoms with Crippen LogP contribution >= 0.6 is 92.8 Å². The van der Waals surface area contributed by atoms with E-state index >= 15 is 0 Å². The first-order chi connectivity index (χ1) is 19.0. The summed E-state index contributed by atoms with van der Waals surface area (Å²) >= 11 is 47.3. The lowest BCUT2D eigenvalue weighted by Gasteiger charge is -2.15. The van der Waals surface area contributed by atoms with Crippen molar-refractivity contribution in [1.82, 2.24) is 0 Å². The minimum Gasteiger partial charge on any atom is -0.326 e. The van der Waals surface area contributed by atoms with Gasteiger partial charge in [-0.2, -0.15) is 0 Å². The highest BCUT2D eigenvalue weighted by Gasteiger charge is 2.67. The second kappa shape index (κ2) is 12.1. The minimum absolute atomic E-state index is 0.0584. The number of benzene rings is 3. The average Bonchev–Trinajstić information content (AvgIpc) is 3.47. The van der Waals surface area contributed by atoms with E-state index in [2.05, 4.69) is 10.6 Å². The Hall–Kier alpha value is -1.75. The van der Waals surface area contributed by atoms with Crippen LogP contribution in [0.3, 0.4) is 0 Å². The van der Waals surface area contributed by atoms with Gasteiger partial charge < -0.3 is 16.0 Å². The highest BCUT2D eigenvalue weighted by Crippen LogP contribution is 2.65. The molecule has 3 aromatic carbocycles. The molecule has 0 aliphatic heterocycles. The fraction of sp³-hybridized carbons (Fsp3) is 0.160. The van der Waals surface area contributed by atoms with Crippen LogP contribution in [0.4, 0.5) is 25.8 Å². The fourth-order valence-electron chi connectivity index (χ4n) is 3.91. The number of rotatable bonds is 6. The van der Waals surface area contributed by atoms with E-state index in [0.717, 1.165) is 12.1 Å². The third kappa shape index (κ3) is 6.92. The third-order valence-electron chi connectivity index (χ3n) is 5.95. The molecule has 0 saturated heterocycles. The molecule has 1 fully saturated rings. The van der Waals surface area contributed by atoms with Gasteiger partial charge in [0.15, 0.2) is 5.82 Å². The summed E-state index contributed by atoms with van der Waals surface area (Å²) in [5, 5.41) is 7.19. The van der Waals surface area contributed by atoms with Crippen molar-refractivity contribution in [3.05, 3.63) is 86.4 Å². The van der Waals surface area contributed by atoms with E-state index in [-0.39, 0.29) is 21.3 Å². The smallest absolute Gasteiger partial charge is 0.276 e. The Labute approximate surface area is 271 Å². The van der Waals surface area contributed by atoms with Gasteiger partial charge in [-0.25, -0.2) is 8.78 Å². The van der Waals surface area contributed by atoms with Gasteiger partial charge in [-0.3, -0.25) is 14.4 Å². The number of amides is 3. The molecule has 0 spiro atoms. The molecule has 0 bridgehead atoms. The molecule has 0 unspecified atom stereocenters. The number of hydrogen-bond donors (Lipinski definition) is 3. The zero-order valence-electron chi connectivity index (χ0n) is 19.8. The first-order valence-corrected chi connectivity index (χ1v) is 14.2. The monoisotopic (exact) mass is 721 g/mol. The second-order valence-corrected chi connectivity index (χ2v) is 13.6. The Morgan fingerprint density at radius 3 is 2.10 bits per heavy atom. The molecule has 3 N–H and O–H groups in total. The number of halogens is 10. The number of anilines is 3. The summed E-state index contributed by atoms with van der Waals surface area (Å²) in [5.41, 5.74) is -0.925. The van der Waals surface area contributed by atoms with Crippen LogP contribution in [-0.2, 0) is 9.59 Å². The molecule has 16 heteroatoms. The van der Waals surface area contributed by atoms with Crippen LogP contribution in [0.15, 0.2) is 48.5 Å². The molecule has 216 valence electrons. The van der Waals surface area contributed by atoms with Crippen molar-refractivity contribution in [2.75, 3.05) is 16.0 Å². The van der Waals surface area contributed by atoms with E-state index in [1.54, 1.807) is 18.2 Å². The van der Waals surface area contributed by atoms with Crippen LogP contribution in [-0.4, -0.2) is 25.8 Å². The minimum atomic E-state index is -2.51.